The van der Waals surface area contributed by atoms with E-state index in [-0.39, 0.29) is 0 Å². The van der Waals surface area contributed by atoms with E-state index in [0.29, 0.717) is 24.2 Å². The Hall–Kier alpha value is -1.67. The smallest absolute Gasteiger partial charge is 0.158 e. The Kier molecular flexibility index (Phi) is 3.02. The molecular formula is C11H15N5. The highest BCUT2D eigenvalue weighted by atomic mass is 15.2. The van der Waals surface area contributed by atoms with Gasteiger partial charge in [0.25, 0.3) is 0 Å². The first-order valence-corrected chi connectivity index (χ1v) is 5.43. The van der Waals surface area contributed by atoms with Gasteiger partial charge in [0.1, 0.15) is 11.9 Å². The molecule has 0 radical (unpaired) electrons. The van der Waals surface area contributed by atoms with Gasteiger partial charge in [-0.05, 0) is 25.8 Å². The molecule has 2 heterocycles. The van der Waals surface area contributed by atoms with E-state index in [1.54, 1.807) is 6.20 Å². The standard InChI is InChI=1S/C11H15N5/c1-8-2-9(3-12)7-16(8)11-6-14-10(4-13)5-15-11/h5-6,8-9H,2-3,7,12H2,1H3. The number of hydrogen-bond acceptors (Lipinski definition) is 5. The molecule has 0 amide bonds. The SMILES string of the molecule is CC1CC(CN)CN1c1cnc(C#N)cn1. The third kappa shape index (κ3) is 1.97. The molecule has 1 saturated heterocycles. The first kappa shape index (κ1) is 10.8. The minimum atomic E-state index is 0.353. The summed E-state index contributed by atoms with van der Waals surface area (Å²) in [4.78, 5) is 10.5. The number of hydrogen-bond donors (Lipinski definition) is 1. The predicted molar refractivity (Wildman–Crippen MR) is 60.7 cm³/mol. The molecule has 2 atom stereocenters. The monoisotopic (exact) mass is 217 g/mol. The predicted octanol–water partition coefficient (Wildman–Crippen LogP) is 0.522. The highest BCUT2D eigenvalue weighted by Crippen LogP contribution is 2.26. The molecule has 0 bridgehead atoms. The summed E-state index contributed by atoms with van der Waals surface area (Å²) in [5, 5.41) is 8.64. The molecule has 16 heavy (non-hydrogen) atoms. The number of nitrogens with zero attached hydrogens (tertiary/aromatic N) is 4. The third-order valence-electron chi connectivity index (χ3n) is 3.04. The fourth-order valence-corrected chi connectivity index (χ4v) is 2.16. The Balaban J connectivity index is 2.15. The first-order chi connectivity index (χ1) is 7.74. The van der Waals surface area contributed by atoms with Gasteiger partial charge in [-0.2, -0.15) is 5.26 Å². The molecule has 0 spiro atoms. The molecule has 0 aromatic carbocycles. The molecular weight excluding hydrogens is 202 g/mol. The number of nitriles is 1. The fourth-order valence-electron chi connectivity index (χ4n) is 2.16. The van der Waals surface area contributed by atoms with E-state index in [1.165, 1.54) is 6.20 Å². The molecule has 2 N–H and O–H groups in total. The van der Waals surface area contributed by atoms with Crippen molar-refractivity contribution in [1.82, 2.24) is 9.97 Å². The minimum absolute atomic E-state index is 0.353. The van der Waals surface area contributed by atoms with E-state index < -0.39 is 0 Å². The quantitative estimate of drug-likeness (QED) is 0.781. The summed E-state index contributed by atoms with van der Waals surface area (Å²) < 4.78 is 0. The van der Waals surface area contributed by atoms with Crippen LogP contribution in [0.4, 0.5) is 5.82 Å². The second-order valence-electron chi connectivity index (χ2n) is 4.21. The van der Waals surface area contributed by atoms with E-state index in [9.17, 15) is 0 Å². The maximum absolute atomic E-state index is 8.64. The van der Waals surface area contributed by atoms with E-state index in [1.807, 2.05) is 6.07 Å². The van der Waals surface area contributed by atoms with Crippen molar-refractivity contribution >= 4 is 5.82 Å². The average molecular weight is 217 g/mol. The van der Waals surface area contributed by atoms with Gasteiger partial charge in [0.2, 0.25) is 0 Å². The highest BCUT2D eigenvalue weighted by molar-refractivity contribution is 5.40. The van der Waals surface area contributed by atoms with Crippen LogP contribution in [0.1, 0.15) is 19.0 Å². The maximum atomic E-state index is 8.64. The molecule has 5 heteroatoms. The van der Waals surface area contributed by atoms with Gasteiger partial charge < -0.3 is 10.6 Å². The molecule has 0 saturated carbocycles. The molecule has 1 aliphatic heterocycles. The van der Waals surface area contributed by atoms with Crippen LogP contribution in [0.25, 0.3) is 0 Å². The molecule has 1 aliphatic rings. The minimum Gasteiger partial charge on any atom is -0.352 e. The molecule has 1 fully saturated rings. The summed E-state index contributed by atoms with van der Waals surface area (Å²) >= 11 is 0. The Bertz CT molecular complexity index is 394. The number of nitrogens with two attached hydrogens (primary N) is 1. The molecule has 5 nitrogen and oxygen atoms in total. The summed E-state index contributed by atoms with van der Waals surface area (Å²) in [7, 11) is 0. The zero-order valence-electron chi connectivity index (χ0n) is 9.30. The average Bonchev–Trinajstić information content (AvgIpc) is 2.71. The van der Waals surface area contributed by atoms with Crippen molar-refractivity contribution in [2.24, 2.45) is 11.7 Å². The second-order valence-corrected chi connectivity index (χ2v) is 4.21. The Labute approximate surface area is 94.9 Å². The van der Waals surface area contributed by atoms with Crippen LogP contribution in [-0.4, -0.2) is 29.1 Å². The Morgan fingerprint density at radius 2 is 2.38 bits per heavy atom. The summed E-state index contributed by atoms with van der Waals surface area (Å²) in [5.41, 5.74) is 6.03. The van der Waals surface area contributed by atoms with Crippen LogP contribution in [-0.2, 0) is 0 Å². The summed E-state index contributed by atoms with van der Waals surface area (Å²) in [5.74, 6) is 1.37. The van der Waals surface area contributed by atoms with E-state index in [2.05, 4.69) is 21.8 Å². The van der Waals surface area contributed by atoms with Crippen LogP contribution < -0.4 is 10.6 Å². The van der Waals surface area contributed by atoms with Crippen molar-refractivity contribution in [1.29, 1.82) is 5.26 Å². The van der Waals surface area contributed by atoms with Crippen molar-refractivity contribution < 1.29 is 0 Å². The Morgan fingerprint density at radius 3 is 2.88 bits per heavy atom. The van der Waals surface area contributed by atoms with Crippen LogP contribution in [0.2, 0.25) is 0 Å². The zero-order valence-corrected chi connectivity index (χ0v) is 9.30. The van der Waals surface area contributed by atoms with Crippen molar-refractivity contribution in [2.75, 3.05) is 18.0 Å². The summed E-state index contributed by atoms with van der Waals surface area (Å²) in [6.07, 6.45) is 4.27. The van der Waals surface area contributed by atoms with E-state index in [4.69, 9.17) is 11.0 Å². The summed E-state index contributed by atoms with van der Waals surface area (Å²) in [6, 6.07) is 2.40. The van der Waals surface area contributed by atoms with Gasteiger partial charge in [-0.1, -0.05) is 0 Å². The van der Waals surface area contributed by atoms with Gasteiger partial charge >= 0.3 is 0 Å². The van der Waals surface area contributed by atoms with Gasteiger partial charge in [-0.15, -0.1) is 0 Å². The van der Waals surface area contributed by atoms with Gasteiger partial charge in [-0.25, -0.2) is 9.97 Å². The van der Waals surface area contributed by atoms with Gasteiger partial charge in [0, 0.05) is 12.6 Å². The van der Waals surface area contributed by atoms with Crippen molar-refractivity contribution in [2.45, 2.75) is 19.4 Å². The molecule has 2 rings (SSSR count). The second kappa shape index (κ2) is 4.45. The van der Waals surface area contributed by atoms with E-state index in [0.717, 1.165) is 18.8 Å². The molecule has 1 aromatic rings. The molecule has 2 unspecified atom stereocenters. The lowest BCUT2D eigenvalue weighted by atomic mass is 10.1. The number of aromatic nitrogens is 2. The molecule has 84 valence electrons. The number of anilines is 1. The van der Waals surface area contributed by atoms with Gasteiger partial charge in [-0.3, -0.25) is 0 Å². The highest BCUT2D eigenvalue weighted by Gasteiger charge is 2.28. The lowest BCUT2D eigenvalue weighted by Crippen LogP contribution is -2.28. The van der Waals surface area contributed by atoms with Crippen LogP contribution in [0.15, 0.2) is 12.4 Å². The molecule has 0 aliphatic carbocycles. The van der Waals surface area contributed by atoms with Gasteiger partial charge in [0.15, 0.2) is 5.69 Å². The van der Waals surface area contributed by atoms with Crippen LogP contribution >= 0.6 is 0 Å². The largest absolute Gasteiger partial charge is 0.352 e. The summed E-state index contributed by atoms with van der Waals surface area (Å²) in [6.45, 7) is 3.80. The van der Waals surface area contributed by atoms with Crippen LogP contribution in [0.3, 0.4) is 0 Å². The van der Waals surface area contributed by atoms with Gasteiger partial charge in [0.05, 0.1) is 12.4 Å². The fraction of sp³-hybridized carbons (Fsp3) is 0.545. The maximum Gasteiger partial charge on any atom is 0.158 e. The topological polar surface area (TPSA) is 78.8 Å². The van der Waals surface area contributed by atoms with E-state index >= 15 is 0 Å². The lowest BCUT2D eigenvalue weighted by Gasteiger charge is -2.21. The van der Waals surface area contributed by atoms with Crippen molar-refractivity contribution in [3.63, 3.8) is 0 Å². The van der Waals surface area contributed by atoms with Crippen LogP contribution in [0.5, 0.6) is 0 Å². The van der Waals surface area contributed by atoms with Crippen LogP contribution in [0, 0.1) is 17.2 Å². The lowest BCUT2D eigenvalue weighted by molar-refractivity contribution is 0.579. The third-order valence-corrected chi connectivity index (χ3v) is 3.04. The van der Waals surface area contributed by atoms with Crippen molar-refractivity contribution in [3.05, 3.63) is 18.1 Å². The number of rotatable bonds is 2. The Morgan fingerprint density at radius 1 is 1.56 bits per heavy atom. The first-order valence-electron chi connectivity index (χ1n) is 5.43. The zero-order chi connectivity index (χ0) is 11.5. The normalized spacial score (nSPS) is 24.4. The van der Waals surface area contributed by atoms with Crippen molar-refractivity contribution in [3.8, 4) is 6.07 Å². The molecule has 1 aromatic heterocycles.